The molecule has 0 saturated heterocycles. The van der Waals surface area contributed by atoms with E-state index in [1.54, 1.807) is 18.2 Å². The van der Waals surface area contributed by atoms with Crippen LogP contribution in [0.15, 0.2) is 53.7 Å². The molecule has 0 fully saturated rings. The first-order chi connectivity index (χ1) is 12.8. The Morgan fingerprint density at radius 1 is 0.964 bits per heavy atom. The van der Waals surface area contributed by atoms with Crippen molar-refractivity contribution in [3.63, 3.8) is 0 Å². The molecule has 0 unspecified atom stereocenters. The van der Waals surface area contributed by atoms with Crippen LogP contribution in [0.25, 0.3) is 11.0 Å². The number of aromatic nitrogens is 2. The first-order valence-electron chi connectivity index (χ1n) is 7.51. The van der Waals surface area contributed by atoms with Crippen molar-refractivity contribution in [2.45, 2.75) is 4.90 Å². The van der Waals surface area contributed by atoms with Gasteiger partial charge in [0.2, 0.25) is 20.0 Å². The summed E-state index contributed by atoms with van der Waals surface area (Å²) in [6.07, 6.45) is 3.87. The van der Waals surface area contributed by atoms with E-state index in [1.807, 2.05) is 22.6 Å². The van der Waals surface area contributed by atoms with Gasteiger partial charge in [0.15, 0.2) is 5.65 Å². The average molecular weight is 555 g/mol. The Bertz CT molecular complexity index is 1350. The zero-order chi connectivity index (χ0) is 20.9. The van der Waals surface area contributed by atoms with Gasteiger partial charge in [-0.3, -0.25) is 0 Å². The maximum atomic E-state index is 12.9. The number of pyridine rings is 1. The summed E-state index contributed by atoms with van der Waals surface area (Å²) in [4.78, 5) is 4.11. The molecule has 1 aromatic carbocycles. The Balaban J connectivity index is 2.26. The van der Waals surface area contributed by atoms with Crippen molar-refractivity contribution >= 4 is 69.4 Å². The smallest absolute Gasteiger partial charge is 0.235 e. The van der Waals surface area contributed by atoms with E-state index in [4.69, 9.17) is 0 Å². The zero-order valence-corrected chi connectivity index (χ0v) is 19.1. The van der Waals surface area contributed by atoms with Crippen molar-refractivity contribution in [3.8, 4) is 0 Å². The molecule has 3 rings (SSSR count). The summed E-state index contributed by atoms with van der Waals surface area (Å²) in [5.41, 5.74) is -0.149. The summed E-state index contributed by atoms with van der Waals surface area (Å²) in [5, 5.41) is 0.301. The molecule has 0 aliphatic carbocycles. The van der Waals surface area contributed by atoms with Gasteiger partial charge in [0.05, 0.1) is 29.3 Å². The average Bonchev–Trinajstić information content (AvgIpc) is 2.90. The quantitative estimate of drug-likeness (QED) is 0.439. The van der Waals surface area contributed by atoms with Crippen molar-refractivity contribution in [3.05, 3.63) is 52.4 Å². The van der Waals surface area contributed by atoms with Crippen LogP contribution in [0.4, 0.5) is 5.69 Å². The third-order valence-corrected chi connectivity index (χ3v) is 9.44. The first-order valence-corrected chi connectivity index (χ1v) is 13.7. The molecule has 150 valence electrons. The highest BCUT2D eigenvalue weighted by molar-refractivity contribution is 14.1. The predicted molar refractivity (Wildman–Crippen MR) is 114 cm³/mol. The van der Waals surface area contributed by atoms with Crippen molar-refractivity contribution < 1.29 is 25.3 Å². The second kappa shape index (κ2) is 6.96. The van der Waals surface area contributed by atoms with Gasteiger partial charge >= 0.3 is 0 Å². The number of anilines is 1. The first kappa shape index (κ1) is 21.0. The molecule has 0 bridgehead atoms. The van der Waals surface area contributed by atoms with Gasteiger partial charge in [0, 0.05) is 15.2 Å². The molecule has 0 radical (unpaired) electrons. The van der Waals surface area contributed by atoms with Crippen LogP contribution in [0.3, 0.4) is 0 Å². The van der Waals surface area contributed by atoms with E-state index in [1.165, 1.54) is 24.4 Å². The summed E-state index contributed by atoms with van der Waals surface area (Å²) in [7, 11) is -12.2. The molecule has 2 aromatic heterocycles. The van der Waals surface area contributed by atoms with E-state index in [9.17, 15) is 25.3 Å². The second-order valence-corrected chi connectivity index (χ2v) is 12.7. The van der Waals surface area contributed by atoms with E-state index < -0.39 is 30.1 Å². The predicted octanol–water partition coefficient (Wildman–Crippen LogP) is 1.60. The number of hydrogen-bond donors (Lipinski definition) is 0. The molecule has 0 N–H and O–H groups in total. The largest absolute Gasteiger partial charge is 0.269 e. The molecule has 2 heterocycles. The van der Waals surface area contributed by atoms with Crippen LogP contribution >= 0.6 is 22.6 Å². The summed E-state index contributed by atoms with van der Waals surface area (Å²) in [6.45, 7) is 0. The van der Waals surface area contributed by atoms with Crippen molar-refractivity contribution in [1.29, 1.82) is 0 Å². The fourth-order valence-corrected chi connectivity index (χ4v) is 7.79. The number of nitrogens with zero attached hydrogens (tertiary/aromatic N) is 3. The van der Waals surface area contributed by atoms with Gasteiger partial charge in [-0.1, -0.05) is 18.2 Å². The Kier molecular flexibility index (Phi) is 5.23. The molecule has 3 aromatic rings. The Hall–Kier alpha value is -1.71. The van der Waals surface area contributed by atoms with E-state index in [0.717, 1.165) is 22.7 Å². The minimum absolute atomic E-state index is 0.0546. The summed E-state index contributed by atoms with van der Waals surface area (Å²) < 4.78 is 75.4. The Morgan fingerprint density at radius 2 is 1.54 bits per heavy atom. The number of benzene rings is 1. The van der Waals surface area contributed by atoms with E-state index in [2.05, 4.69) is 4.98 Å². The molecule has 0 aliphatic heterocycles. The van der Waals surface area contributed by atoms with Crippen LogP contribution in [0.1, 0.15) is 0 Å². The van der Waals surface area contributed by atoms with Gasteiger partial charge in [-0.15, -0.1) is 0 Å². The number of sulfonamides is 2. The third-order valence-electron chi connectivity index (χ3n) is 3.66. The lowest BCUT2D eigenvalue weighted by molar-refractivity contribution is 0.586. The van der Waals surface area contributed by atoms with Gasteiger partial charge < -0.3 is 0 Å². The minimum Gasteiger partial charge on any atom is -0.235 e. The lowest BCUT2D eigenvalue weighted by Crippen LogP contribution is -2.35. The normalized spacial score (nSPS) is 13.0. The van der Waals surface area contributed by atoms with Crippen molar-refractivity contribution in [2.75, 3.05) is 16.2 Å². The fourth-order valence-electron chi connectivity index (χ4n) is 2.65. The van der Waals surface area contributed by atoms with Crippen LogP contribution in [0.5, 0.6) is 0 Å². The van der Waals surface area contributed by atoms with Crippen LogP contribution < -0.4 is 3.71 Å². The third kappa shape index (κ3) is 3.75. The Labute approximate surface area is 176 Å². The highest BCUT2D eigenvalue weighted by atomic mass is 127. The standard InChI is InChI=1S/C15H14IN3O6S3/c1-26(20,21)19(27(2,22)23)11-8-13-14(16)10-18(15(13)17-9-11)28(24,25)12-6-4-3-5-7-12/h3-10H,1-2H3. The van der Waals surface area contributed by atoms with Gasteiger partial charge in [0.25, 0.3) is 10.0 Å². The van der Waals surface area contributed by atoms with E-state index >= 15 is 0 Å². The molecule has 28 heavy (non-hydrogen) atoms. The molecular weight excluding hydrogens is 541 g/mol. The van der Waals surface area contributed by atoms with Crippen LogP contribution in [0.2, 0.25) is 0 Å². The Morgan fingerprint density at radius 3 is 2.07 bits per heavy atom. The topological polar surface area (TPSA) is 123 Å². The molecule has 0 atom stereocenters. The summed E-state index contributed by atoms with van der Waals surface area (Å²) in [6, 6.07) is 9.03. The number of rotatable bonds is 5. The van der Waals surface area contributed by atoms with Gasteiger partial charge in [-0.05, 0) is 40.8 Å². The van der Waals surface area contributed by atoms with Crippen molar-refractivity contribution in [2.24, 2.45) is 0 Å². The number of hydrogen-bond acceptors (Lipinski definition) is 7. The molecule has 0 aliphatic rings. The second-order valence-electron chi connectivity index (χ2n) is 5.88. The van der Waals surface area contributed by atoms with Crippen LogP contribution in [0, 0.1) is 3.57 Å². The highest BCUT2D eigenvalue weighted by Gasteiger charge is 2.29. The zero-order valence-electron chi connectivity index (χ0n) is 14.5. The van der Waals surface area contributed by atoms with E-state index in [0.29, 0.717) is 8.96 Å². The molecule has 9 nitrogen and oxygen atoms in total. The lowest BCUT2D eigenvalue weighted by atomic mass is 10.3. The van der Waals surface area contributed by atoms with E-state index in [-0.39, 0.29) is 19.9 Å². The molecule has 0 spiro atoms. The molecular formula is C15H14IN3O6S3. The van der Waals surface area contributed by atoms with Crippen molar-refractivity contribution in [1.82, 2.24) is 8.96 Å². The molecule has 0 saturated carbocycles. The monoisotopic (exact) mass is 555 g/mol. The van der Waals surface area contributed by atoms with Gasteiger partial charge in [-0.25, -0.2) is 34.2 Å². The van der Waals surface area contributed by atoms with Gasteiger partial charge in [-0.2, -0.15) is 3.71 Å². The van der Waals surface area contributed by atoms with Crippen LogP contribution in [-0.4, -0.2) is 46.7 Å². The highest BCUT2D eigenvalue weighted by Crippen LogP contribution is 2.30. The summed E-state index contributed by atoms with van der Waals surface area (Å²) in [5.74, 6) is 0. The fraction of sp³-hybridized carbons (Fsp3) is 0.133. The molecule has 13 heteroatoms. The van der Waals surface area contributed by atoms with Gasteiger partial charge in [0.1, 0.15) is 0 Å². The maximum Gasteiger partial charge on any atom is 0.269 e. The maximum absolute atomic E-state index is 12.9. The minimum atomic E-state index is -4.14. The lowest BCUT2D eigenvalue weighted by Gasteiger charge is -2.19. The summed E-state index contributed by atoms with van der Waals surface area (Å²) >= 11 is 1.88. The SMILES string of the molecule is CS(=O)(=O)N(c1cnc2c(c1)c(I)cn2S(=O)(=O)c1ccccc1)S(C)(=O)=O. The van der Waals surface area contributed by atoms with Crippen LogP contribution in [-0.2, 0) is 30.1 Å². The molecule has 0 amide bonds. The number of fused-ring (bicyclic) bond motifs is 1. The number of halogens is 1.